The zero-order valence-electron chi connectivity index (χ0n) is 15.5. The van der Waals surface area contributed by atoms with Gasteiger partial charge in [-0.25, -0.2) is 0 Å². The molecule has 0 aliphatic rings. The normalized spacial score (nSPS) is 13.1. The molecule has 2 aromatic carbocycles. The Morgan fingerprint density at radius 2 is 1.70 bits per heavy atom. The summed E-state index contributed by atoms with van der Waals surface area (Å²) in [5.74, 6) is 0.432. The maximum atomic E-state index is 12.4. The first-order valence-electron chi connectivity index (χ1n) is 9.01. The minimum atomic E-state index is -0.312. The van der Waals surface area contributed by atoms with Gasteiger partial charge in [0.25, 0.3) is 5.22 Å². The van der Waals surface area contributed by atoms with Crippen LogP contribution in [-0.4, -0.2) is 27.4 Å². The molecule has 0 aliphatic heterocycles. The van der Waals surface area contributed by atoms with Crippen molar-refractivity contribution < 1.29 is 9.21 Å². The molecule has 0 saturated carbocycles. The van der Waals surface area contributed by atoms with E-state index in [2.05, 4.69) is 27.6 Å². The molecule has 1 amide bonds. The number of aryl methyl sites for hydroxylation is 1. The first-order chi connectivity index (χ1) is 13.1. The fourth-order valence-electron chi connectivity index (χ4n) is 2.62. The lowest BCUT2D eigenvalue weighted by Crippen LogP contribution is -2.37. The van der Waals surface area contributed by atoms with Crippen molar-refractivity contribution in [2.24, 2.45) is 0 Å². The van der Waals surface area contributed by atoms with Gasteiger partial charge >= 0.3 is 0 Å². The maximum absolute atomic E-state index is 12.4. The minimum Gasteiger partial charge on any atom is -0.411 e. The molecular weight excluding hydrogens is 358 g/mol. The third-order valence-electron chi connectivity index (χ3n) is 4.17. The van der Waals surface area contributed by atoms with Gasteiger partial charge in [0.1, 0.15) is 0 Å². The Morgan fingerprint density at radius 3 is 2.41 bits per heavy atom. The smallest absolute Gasteiger partial charge is 0.277 e. The second-order valence-electron chi connectivity index (χ2n) is 6.43. The van der Waals surface area contributed by atoms with Gasteiger partial charge in [-0.1, -0.05) is 60.3 Å². The third-order valence-corrected chi connectivity index (χ3v) is 5.11. The number of thioether (sulfide) groups is 1. The molecule has 1 aromatic heterocycles. The SMILES string of the molecule is C[C@@H](CCc1ccccc1)NC(=O)[C@@H](C)Sc1nnc(-c2ccccc2)o1. The van der Waals surface area contributed by atoms with Crippen LogP contribution in [-0.2, 0) is 11.2 Å². The number of rotatable bonds is 8. The van der Waals surface area contributed by atoms with Gasteiger partial charge in [-0.2, -0.15) is 0 Å². The molecule has 140 valence electrons. The molecule has 0 spiro atoms. The van der Waals surface area contributed by atoms with Crippen molar-refractivity contribution in [2.45, 2.75) is 43.2 Å². The molecule has 3 aromatic rings. The number of hydrogen-bond donors (Lipinski definition) is 1. The zero-order valence-corrected chi connectivity index (χ0v) is 16.3. The van der Waals surface area contributed by atoms with Crippen LogP contribution in [0.4, 0.5) is 0 Å². The van der Waals surface area contributed by atoms with Gasteiger partial charge < -0.3 is 9.73 Å². The Morgan fingerprint density at radius 1 is 1.04 bits per heavy atom. The highest BCUT2D eigenvalue weighted by atomic mass is 32.2. The molecule has 0 bridgehead atoms. The van der Waals surface area contributed by atoms with E-state index in [-0.39, 0.29) is 17.2 Å². The van der Waals surface area contributed by atoms with E-state index in [9.17, 15) is 4.79 Å². The van der Waals surface area contributed by atoms with Gasteiger partial charge in [0.2, 0.25) is 11.8 Å². The van der Waals surface area contributed by atoms with Gasteiger partial charge in [-0.05, 0) is 44.4 Å². The summed E-state index contributed by atoms with van der Waals surface area (Å²) < 4.78 is 5.66. The van der Waals surface area contributed by atoms with Crippen LogP contribution in [0.3, 0.4) is 0 Å². The number of nitrogens with zero attached hydrogens (tertiary/aromatic N) is 2. The van der Waals surface area contributed by atoms with E-state index >= 15 is 0 Å². The van der Waals surface area contributed by atoms with Gasteiger partial charge in [0.05, 0.1) is 5.25 Å². The molecule has 0 aliphatic carbocycles. The van der Waals surface area contributed by atoms with E-state index < -0.39 is 0 Å². The van der Waals surface area contributed by atoms with Crippen LogP contribution >= 0.6 is 11.8 Å². The molecule has 0 radical (unpaired) electrons. The predicted octanol–water partition coefficient (Wildman–Crippen LogP) is 4.35. The second-order valence-corrected chi connectivity index (χ2v) is 7.73. The quantitative estimate of drug-likeness (QED) is 0.587. The summed E-state index contributed by atoms with van der Waals surface area (Å²) in [5, 5.41) is 11.2. The average molecular weight is 382 g/mol. The highest BCUT2D eigenvalue weighted by molar-refractivity contribution is 8.00. The Bertz CT molecular complexity index is 852. The first-order valence-corrected chi connectivity index (χ1v) is 9.89. The third kappa shape index (κ3) is 5.69. The Balaban J connectivity index is 1.48. The topological polar surface area (TPSA) is 68.0 Å². The fourth-order valence-corrected chi connectivity index (χ4v) is 3.31. The fraction of sp³-hybridized carbons (Fsp3) is 0.286. The minimum absolute atomic E-state index is 0.0278. The molecule has 3 rings (SSSR count). The van der Waals surface area contributed by atoms with Gasteiger partial charge in [0.15, 0.2) is 0 Å². The van der Waals surface area contributed by atoms with Crippen molar-refractivity contribution in [3.63, 3.8) is 0 Å². The number of amides is 1. The molecule has 5 nitrogen and oxygen atoms in total. The van der Waals surface area contributed by atoms with Crippen LogP contribution in [0.2, 0.25) is 0 Å². The van der Waals surface area contributed by atoms with Crippen LogP contribution < -0.4 is 5.32 Å². The van der Waals surface area contributed by atoms with Crippen molar-refractivity contribution in [2.75, 3.05) is 0 Å². The lowest BCUT2D eigenvalue weighted by molar-refractivity contribution is -0.120. The molecule has 2 atom stereocenters. The van der Waals surface area contributed by atoms with Crippen LogP contribution in [0, 0.1) is 0 Å². The highest BCUT2D eigenvalue weighted by Crippen LogP contribution is 2.26. The molecular formula is C21H23N3O2S. The summed E-state index contributed by atoms with van der Waals surface area (Å²) in [6.45, 7) is 3.87. The number of benzene rings is 2. The molecule has 1 N–H and O–H groups in total. The van der Waals surface area contributed by atoms with E-state index in [4.69, 9.17) is 4.42 Å². The summed E-state index contributed by atoms with van der Waals surface area (Å²) in [6.07, 6.45) is 1.83. The predicted molar refractivity (Wildman–Crippen MR) is 107 cm³/mol. The molecule has 0 unspecified atom stereocenters. The lowest BCUT2D eigenvalue weighted by Gasteiger charge is -2.16. The molecule has 0 saturated heterocycles. The second kappa shape index (κ2) is 9.37. The largest absolute Gasteiger partial charge is 0.411 e. The monoisotopic (exact) mass is 381 g/mol. The summed E-state index contributed by atoms with van der Waals surface area (Å²) in [4.78, 5) is 12.4. The van der Waals surface area contributed by atoms with E-state index in [0.29, 0.717) is 11.1 Å². The van der Waals surface area contributed by atoms with E-state index in [1.54, 1.807) is 0 Å². The molecule has 27 heavy (non-hydrogen) atoms. The van der Waals surface area contributed by atoms with Gasteiger partial charge in [-0.15, -0.1) is 10.2 Å². The molecule has 1 heterocycles. The lowest BCUT2D eigenvalue weighted by atomic mass is 10.1. The standard InChI is InChI=1S/C21H23N3O2S/c1-15(13-14-17-9-5-3-6-10-17)22-19(25)16(2)27-21-24-23-20(26-21)18-11-7-4-8-12-18/h3-12,15-16H,13-14H2,1-2H3,(H,22,25)/t15-,16+/m0/s1. The van der Waals surface area contributed by atoms with E-state index in [0.717, 1.165) is 18.4 Å². The van der Waals surface area contributed by atoms with Gasteiger partial charge in [-0.3, -0.25) is 4.79 Å². The Hall–Kier alpha value is -2.60. The van der Waals surface area contributed by atoms with Crippen molar-refractivity contribution in [1.29, 1.82) is 0 Å². The van der Waals surface area contributed by atoms with E-state index in [1.807, 2.05) is 62.4 Å². The summed E-state index contributed by atoms with van der Waals surface area (Å²) >= 11 is 1.27. The van der Waals surface area contributed by atoms with Crippen molar-refractivity contribution >= 4 is 17.7 Å². The summed E-state index contributed by atoms with van der Waals surface area (Å²) in [6, 6.07) is 20.0. The Labute approximate surface area is 163 Å². The van der Waals surface area contributed by atoms with Crippen molar-refractivity contribution in [3.8, 4) is 11.5 Å². The van der Waals surface area contributed by atoms with Gasteiger partial charge in [0, 0.05) is 11.6 Å². The summed E-state index contributed by atoms with van der Waals surface area (Å²) in [5.41, 5.74) is 2.14. The summed E-state index contributed by atoms with van der Waals surface area (Å²) in [7, 11) is 0. The van der Waals surface area contributed by atoms with Crippen molar-refractivity contribution in [1.82, 2.24) is 15.5 Å². The number of carbonyl (C=O) groups is 1. The zero-order chi connectivity index (χ0) is 19.1. The van der Waals surface area contributed by atoms with E-state index in [1.165, 1.54) is 17.3 Å². The number of carbonyl (C=O) groups excluding carboxylic acids is 1. The number of hydrogen-bond acceptors (Lipinski definition) is 5. The molecule has 0 fully saturated rings. The number of aromatic nitrogens is 2. The van der Waals surface area contributed by atoms with Crippen molar-refractivity contribution in [3.05, 3.63) is 66.2 Å². The van der Waals surface area contributed by atoms with Crippen LogP contribution in [0.1, 0.15) is 25.8 Å². The maximum Gasteiger partial charge on any atom is 0.277 e. The number of nitrogens with one attached hydrogen (secondary N) is 1. The Kier molecular flexibility index (Phi) is 6.65. The average Bonchev–Trinajstić information content (AvgIpc) is 3.16. The molecule has 6 heteroatoms. The van der Waals surface area contributed by atoms with Crippen LogP contribution in [0.15, 0.2) is 70.3 Å². The first kappa shape index (κ1) is 19.2. The van der Waals surface area contributed by atoms with Crippen LogP contribution in [0.25, 0.3) is 11.5 Å². The van der Waals surface area contributed by atoms with Crippen LogP contribution in [0.5, 0.6) is 0 Å². The highest BCUT2D eigenvalue weighted by Gasteiger charge is 2.20.